The molecule has 0 saturated carbocycles. The Kier molecular flexibility index (Phi) is 7.43. The SMILES string of the molecule is CC.CC(=O)NCC1=CC(C)(C)C=C(C(C)C)C=C1. The van der Waals surface area contributed by atoms with E-state index in [4.69, 9.17) is 0 Å². The van der Waals surface area contributed by atoms with Crippen LogP contribution in [0.4, 0.5) is 0 Å². The molecule has 0 aliphatic heterocycles. The van der Waals surface area contributed by atoms with Gasteiger partial charge in [0.15, 0.2) is 0 Å². The Morgan fingerprint density at radius 1 is 1.21 bits per heavy atom. The molecule has 0 radical (unpaired) electrons. The molecule has 0 aromatic carbocycles. The van der Waals surface area contributed by atoms with Gasteiger partial charge >= 0.3 is 0 Å². The molecule has 1 amide bonds. The van der Waals surface area contributed by atoms with E-state index >= 15 is 0 Å². The van der Waals surface area contributed by atoms with Crippen molar-refractivity contribution in [3.63, 3.8) is 0 Å². The summed E-state index contributed by atoms with van der Waals surface area (Å²) >= 11 is 0. The van der Waals surface area contributed by atoms with E-state index in [0.717, 1.165) is 5.57 Å². The quantitative estimate of drug-likeness (QED) is 0.810. The molecule has 0 aromatic heterocycles. The van der Waals surface area contributed by atoms with Gasteiger partial charge in [0.25, 0.3) is 0 Å². The van der Waals surface area contributed by atoms with Crippen molar-refractivity contribution in [1.29, 1.82) is 0 Å². The molecule has 2 heteroatoms. The highest BCUT2D eigenvalue weighted by Crippen LogP contribution is 2.29. The maximum atomic E-state index is 10.9. The molecule has 1 N–H and O–H groups in total. The second-order valence-corrected chi connectivity index (χ2v) is 5.58. The number of rotatable bonds is 3. The Bertz CT molecular complexity index is 384. The van der Waals surface area contributed by atoms with Gasteiger partial charge in [-0.1, -0.05) is 65.8 Å². The normalized spacial score (nSPS) is 16.8. The molecule has 0 saturated heterocycles. The minimum Gasteiger partial charge on any atom is -0.352 e. The first kappa shape index (κ1) is 17.7. The standard InChI is InChI=1S/C15H23NO.C2H6/c1-11(2)14-7-6-13(10-16-12(3)17)8-15(4,5)9-14;1-2/h6-9,11H,10H2,1-5H3,(H,16,17);1-2H3. The fourth-order valence-electron chi connectivity index (χ4n) is 1.94. The zero-order valence-corrected chi connectivity index (χ0v) is 13.5. The van der Waals surface area contributed by atoms with Gasteiger partial charge in [-0.3, -0.25) is 4.79 Å². The third-order valence-electron chi connectivity index (χ3n) is 2.79. The molecule has 0 unspecified atom stereocenters. The zero-order chi connectivity index (χ0) is 15.1. The molecule has 0 spiro atoms. The Hall–Kier alpha value is -1.31. The van der Waals surface area contributed by atoms with Gasteiger partial charge in [0, 0.05) is 18.9 Å². The van der Waals surface area contributed by atoms with Gasteiger partial charge in [-0.05, 0) is 17.1 Å². The molecule has 0 heterocycles. The van der Waals surface area contributed by atoms with Gasteiger partial charge in [0.2, 0.25) is 5.91 Å². The lowest BCUT2D eigenvalue weighted by molar-refractivity contribution is -0.118. The fourth-order valence-corrected chi connectivity index (χ4v) is 1.94. The zero-order valence-electron chi connectivity index (χ0n) is 13.5. The lowest BCUT2D eigenvalue weighted by Gasteiger charge is -2.18. The molecule has 1 aliphatic rings. The summed E-state index contributed by atoms with van der Waals surface area (Å²) in [5, 5.41) is 2.84. The molecular formula is C17H29NO. The van der Waals surface area contributed by atoms with Crippen LogP contribution in [0, 0.1) is 11.3 Å². The Morgan fingerprint density at radius 3 is 2.26 bits per heavy atom. The fraction of sp³-hybridized carbons (Fsp3) is 0.588. The predicted molar refractivity (Wildman–Crippen MR) is 84.0 cm³/mol. The Morgan fingerprint density at radius 2 is 1.79 bits per heavy atom. The minimum absolute atomic E-state index is 0.0124. The third-order valence-corrected chi connectivity index (χ3v) is 2.79. The van der Waals surface area contributed by atoms with Crippen LogP contribution in [-0.2, 0) is 4.79 Å². The number of hydrogen-bond donors (Lipinski definition) is 1. The van der Waals surface area contributed by atoms with Crippen LogP contribution in [0.1, 0.15) is 48.5 Å². The van der Waals surface area contributed by atoms with E-state index in [0.29, 0.717) is 12.5 Å². The van der Waals surface area contributed by atoms with Crippen molar-refractivity contribution >= 4 is 5.91 Å². The number of hydrogen-bond acceptors (Lipinski definition) is 1. The molecule has 0 atom stereocenters. The minimum atomic E-state index is 0.0124. The summed E-state index contributed by atoms with van der Waals surface area (Å²) in [5.41, 5.74) is 2.55. The van der Waals surface area contributed by atoms with Gasteiger partial charge in [0.05, 0.1) is 0 Å². The lowest BCUT2D eigenvalue weighted by atomic mass is 9.88. The monoisotopic (exact) mass is 263 g/mol. The average molecular weight is 263 g/mol. The molecule has 19 heavy (non-hydrogen) atoms. The first-order chi connectivity index (χ1) is 8.80. The maximum Gasteiger partial charge on any atom is 0.217 e. The van der Waals surface area contributed by atoms with Crippen LogP contribution in [-0.4, -0.2) is 12.5 Å². The van der Waals surface area contributed by atoms with Crippen LogP contribution < -0.4 is 5.32 Å². The van der Waals surface area contributed by atoms with E-state index in [1.54, 1.807) is 6.92 Å². The number of carbonyl (C=O) groups excluding carboxylic acids is 1. The van der Waals surface area contributed by atoms with Crippen molar-refractivity contribution in [2.75, 3.05) is 6.54 Å². The lowest BCUT2D eigenvalue weighted by Crippen LogP contribution is -2.22. The van der Waals surface area contributed by atoms with Gasteiger partial charge in [0.1, 0.15) is 0 Å². The molecule has 1 aliphatic carbocycles. The van der Waals surface area contributed by atoms with Crippen molar-refractivity contribution in [2.45, 2.75) is 48.5 Å². The van der Waals surface area contributed by atoms with Gasteiger partial charge in [-0.15, -0.1) is 0 Å². The van der Waals surface area contributed by atoms with Crippen LogP contribution >= 0.6 is 0 Å². The summed E-state index contributed by atoms with van der Waals surface area (Å²) in [4.78, 5) is 10.9. The summed E-state index contributed by atoms with van der Waals surface area (Å²) < 4.78 is 0. The summed E-state index contributed by atoms with van der Waals surface area (Å²) in [5.74, 6) is 0.539. The van der Waals surface area contributed by atoms with Gasteiger partial charge < -0.3 is 5.32 Å². The largest absolute Gasteiger partial charge is 0.352 e. The van der Waals surface area contributed by atoms with Crippen molar-refractivity contribution in [3.8, 4) is 0 Å². The van der Waals surface area contributed by atoms with Crippen LogP contribution in [0.3, 0.4) is 0 Å². The predicted octanol–water partition coefficient (Wildman–Crippen LogP) is 4.25. The Labute approximate surface area is 118 Å². The van der Waals surface area contributed by atoms with Crippen LogP contribution in [0.5, 0.6) is 0 Å². The number of allylic oxidation sites excluding steroid dienone is 4. The highest BCUT2D eigenvalue weighted by molar-refractivity contribution is 5.73. The summed E-state index contributed by atoms with van der Waals surface area (Å²) in [6.07, 6.45) is 8.79. The van der Waals surface area contributed by atoms with E-state index in [2.05, 4.69) is 57.3 Å². The first-order valence-electron chi connectivity index (χ1n) is 7.17. The summed E-state index contributed by atoms with van der Waals surface area (Å²) in [7, 11) is 0. The van der Waals surface area contributed by atoms with Crippen LogP contribution in [0.15, 0.2) is 35.5 Å². The van der Waals surface area contributed by atoms with E-state index < -0.39 is 0 Å². The van der Waals surface area contributed by atoms with Crippen LogP contribution in [0.25, 0.3) is 0 Å². The summed E-state index contributed by atoms with van der Waals surface area (Å²) in [6, 6.07) is 0. The van der Waals surface area contributed by atoms with Gasteiger partial charge in [-0.25, -0.2) is 0 Å². The van der Waals surface area contributed by atoms with Crippen LogP contribution in [0.2, 0.25) is 0 Å². The smallest absolute Gasteiger partial charge is 0.217 e. The van der Waals surface area contributed by atoms with Crippen molar-refractivity contribution in [2.24, 2.45) is 11.3 Å². The van der Waals surface area contributed by atoms with E-state index in [1.165, 1.54) is 5.57 Å². The topological polar surface area (TPSA) is 29.1 Å². The highest BCUT2D eigenvalue weighted by Gasteiger charge is 2.16. The first-order valence-corrected chi connectivity index (χ1v) is 7.17. The van der Waals surface area contributed by atoms with E-state index in [9.17, 15) is 4.79 Å². The second-order valence-electron chi connectivity index (χ2n) is 5.58. The Balaban J connectivity index is 0.00000154. The molecule has 2 nitrogen and oxygen atoms in total. The summed E-state index contributed by atoms with van der Waals surface area (Å²) in [6.45, 7) is 14.9. The van der Waals surface area contributed by atoms with E-state index in [1.807, 2.05) is 13.8 Å². The molecule has 0 bridgehead atoms. The highest BCUT2D eigenvalue weighted by atomic mass is 16.1. The number of nitrogens with one attached hydrogen (secondary N) is 1. The van der Waals surface area contributed by atoms with Crippen molar-refractivity contribution in [1.82, 2.24) is 5.32 Å². The molecule has 0 fully saturated rings. The molecular weight excluding hydrogens is 234 g/mol. The average Bonchev–Trinajstić information content (AvgIpc) is 2.47. The van der Waals surface area contributed by atoms with Crippen molar-refractivity contribution in [3.05, 3.63) is 35.5 Å². The maximum absolute atomic E-state index is 10.9. The number of carbonyl (C=O) groups is 1. The second kappa shape index (κ2) is 7.98. The molecule has 1 rings (SSSR count). The van der Waals surface area contributed by atoms with Crippen molar-refractivity contribution < 1.29 is 4.79 Å². The molecule has 108 valence electrons. The van der Waals surface area contributed by atoms with E-state index in [-0.39, 0.29) is 11.3 Å². The van der Waals surface area contributed by atoms with Gasteiger partial charge in [-0.2, -0.15) is 0 Å². The number of amides is 1. The third kappa shape index (κ3) is 7.00. The molecule has 0 aromatic rings.